The van der Waals surface area contributed by atoms with E-state index in [1.807, 2.05) is 60.7 Å². The Balaban J connectivity index is 2.26. The van der Waals surface area contributed by atoms with Gasteiger partial charge in [0.25, 0.3) is 0 Å². The fourth-order valence-corrected chi connectivity index (χ4v) is 2.68. The van der Waals surface area contributed by atoms with Crippen LogP contribution < -0.4 is 0 Å². The van der Waals surface area contributed by atoms with Crippen molar-refractivity contribution in [3.63, 3.8) is 0 Å². The molecule has 0 saturated carbocycles. The van der Waals surface area contributed by atoms with Crippen LogP contribution in [0.4, 0.5) is 0 Å². The van der Waals surface area contributed by atoms with Crippen molar-refractivity contribution < 1.29 is 19.4 Å². The predicted octanol–water partition coefficient (Wildman–Crippen LogP) is 2.96. The number of esters is 1. The van der Waals surface area contributed by atoms with E-state index in [1.54, 1.807) is 0 Å². The highest BCUT2D eigenvalue weighted by Crippen LogP contribution is 2.24. The molecule has 0 saturated heterocycles. The molecule has 0 aliphatic carbocycles. The van der Waals surface area contributed by atoms with Crippen molar-refractivity contribution >= 4 is 11.9 Å². The number of ether oxygens (including phenoxy) is 1. The monoisotopic (exact) mass is 312 g/mol. The highest BCUT2D eigenvalue weighted by Gasteiger charge is 2.34. The lowest BCUT2D eigenvalue weighted by atomic mass is 9.82. The number of aliphatic carboxylic acids is 1. The van der Waals surface area contributed by atoms with Crippen LogP contribution in [0.2, 0.25) is 0 Å². The van der Waals surface area contributed by atoms with Crippen LogP contribution in [0.5, 0.6) is 0 Å². The molecule has 0 heterocycles. The molecule has 2 atom stereocenters. The van der Waals surface area contributed by atoms with Crippen molar-refractivity contribution in [2.75, 3.05) is 7.11 Å². The first kappa shape index (κ1) is 16.7. The molecule has 0 aliphatic rings. The first-order valence-electron chi connectivity index (χ1n) is 7.50. The summed E-state index contributed by atoms with van der Waals surface area (Å²) in [5, 5.41) is 9.62. The van der Waals surface area contributed by atoms with Gasteiger partial charge in [-0.15, -0.1) is 0 Å². The van der Waals surface area contributed by atoms with Gasteiger partial charge >= 0.3 is 11.9 Å². The summed E-state index contributed by atoms with van der Waals surface area (Å²) in [6, 6.07) is 18.7. The van der Waals surface area contributed by atoms with E-state index in [4.69, 9.17) is 4.74 Å². The minimum Gasteiger partial charge on any atom is -0.481 e. The SMILES string of the molecule is COC(=O)C(Cc1ccccc1)C(Cc1ccccc1)C(=O)O. The van der Waals surface area contributed by atoms with Crippen molar-refractivity contribution in [3.05, 3.63) is 71.8 Å². The van der Waals surface area contributed by atoms with Crippen molar-refractivity contribution in [2.24, 2.45) is 11.8 Å². The van der Waals surface area contributed by atoms with Crippen LogP contribution in [0.3, 0.4) is 0 Å². The summed E-state index contributed by atoms with van der Waals surface area (Å²) in [5.41, 5.74) is 1.81. The Bertz CT molecular complexity index is 637. The predicted molar refractivity (Wildman–Crippen MR) is 86.9 cm³/mol. The molecule has 4 nitrogen and oxygen atoms in total. The molecule has 0 amide bonds. The fourth-order valence-electron chi connectivity index (χ4n) is 2.68. The standard InChI is InChI=1S/C19H20O4/c1-23-19(22)17(13-15-10-6-3-7-11-15)16(18(20)21)12-14-8-4-2-5-9-14/h2-11,16-17H,12-13H2,1H3,(H,20,21). The first-order valence-corrected chi connectivity index (χ1v) is 7.50. The van der Waals surface area contributed by atoms with Gasteiger partial charge in [0.15, 0.2) is 0 Å². The summed E-state index contributed by atoms with van der Waals surface area (Å²) in [6.07, 6.45) is 0.639. The maximum absolute atomic E-state index is 12.2. The minimum atomic E-state index is -0.986. The number of carboxylic acid groups (broad SMARTS) is 1. The Kier molecular flexibility index (Phi) is 5.92. The van der Waals surface area contributed by atoms with Crippen LogP contribution in [0, 0.1) is 11.8 Å². The van der Waals surface area contributed by atoms with Gasteiger partial charge in [-0.25, -0.2) is 0 Å². The third-order valence-electron chi connectivity index (χ3n) is 3.90. The van der Waals surface area contributed by atoms with Gasteiger partial charge in [-0.05, 0) is 24.0 Å². The lowest BCUT2D eigenvalue weighted by molar-refractivity contribution is -0.155. The minimum absolute atomic E-state index is 0.294. The Morgan fingerprint density at radius 1 is 0.870 bits per heavy atom. The van der Waals surface area contributed by atoms with Crippen LogP contribution >= 0.6 is 0 Å². The van der Waals surface area contributed by atoms with Crippen LogP contribution in [0.25, 0.3) is 0 Å². The van der Waals surface area contributed by atoms with E-state index < -0.39 is 23.8 Å². The highest BCUT2D eigenvalue weighted by molar-refractivity contribution is 5.81. The molecule has 2 unspecified atom stereocenters. The maximum atomic E-state index is 12.2. The molecule has 0 fully saturated rings. The Morgan fingerprint density at radius 2 is 1.30 bits per heavy atom. The number of hydrogen-bond acceptors (Lipinski definition) is 3. The molecule has 1 N–H and O–H groups in total. The summed E-state index contributed by atoms with van der Waals surface area (Å²) < 4.78 is 4.85. The number of methoxy groups -OCH3 is 1. The van der Waals surface area contributed by atoms with Gasteiger partial charge in [-0.3, -0.25) is 9.59 Å². The lowest BCUT2D eigenvalue weighted by Gasteiger charge is -2.22. The number of benzene rings is 2. The average molecular weight is 312 g/mol. The second-order valence-electron chi connectivity index (χ2n) is 5.45. The summed E-state index contributed by atoms with van der Waals surface area (Å²) in [7, 11) is 1.29. The molecular weight excluding hydrogens is 292 g/mol. The Morgan fingerprint density at radius 3 is 1.70 bits per heavy atom. The van der Waals surface area contributed by atoms with Crippen molar-refractivity contribution in [1.82, 2.24) is 0 Å². The van der Waals surface area contributed by atoms with E-state index in [0.29, 0.717) is 12.8 Å². The van der Waals surface area contributed by atoms with Crippen molar-refractivity contribution in [3.8, 4) is 0 Å². The number of carbonyl (C=O) groups excluding carboxylic acids is 1. The highest BCUT2D eigenvalue weighted by atomic mass is 16.5. The van der Waals surface area contributed by atoms with E-state index in [0.717, 1.165) is 11.1 Å². The number of rotatable bonds is 7. The molecule has 23 heavy (non-hydrogen) atoms. The second-order valence-corrected chi connectivity index (χ2v) is 5.45. The van der Waals surface area contributed by atoms with E-state index in [-0.39, 0.29) is 0 Å². The Hall–Kier alpha value is -2.62. The Labute approximate surface area is 135 Å². The molecule has 2 aromatic rings. The van der Waals surface area contributed by atoms with Crippen LogP contribution in [-0.4, -0.2) is 24.2 Å². The zero-order chi connectivity index (χ0) is 16.7. The van der Waals surface area contributed by atoms with E-state index in [2.05, 4.69) is 0 Å². The molecule has 0 aliphatic heterocycles. The molecule has 0 radical (unpaired) electrons. The van der Waals surface area contributed by atoms with Gasteiger partial charge in [0.05, 0.1) is 18.9 Å². The number of carboxylic acids is 1. The molecule has 2 aromatic carbocycles. The second kappa shape index (κ2) is 8.13. The van der Waals surface area contributed by atoms with Crippen molar-refractivity contribution in [2.45, 2.75) is 12.8 Å². The topological polar surface area (TPSA) is 63.6 Å². The smallest absolute Gasteiger partial charge is 0.309 e. The maximum Gasteiger partial charge on any atom is 0.309 e. The first-order chi connectivity index (χ1) is 11.1. The van der Waals surface area contributed by atoms with Gasteiger partial charge in [-0.1, -0.05) is 60.7 Å². The molecule has 0 bridgehead atoms. The average Bonchev–Trinajstić information content (AvgIpc) is 2.59. The van der Waals surface area contributed by atoms with Gasteiger partial charge in [0.2, 0.25) is 0 Å². The van der Waals surface area contributed by atoms with Gasteiger partial charge in [-0.2, -0.15) is 0 Å². The third-order valence-corrected chi connectivity index (χ3v) is 3.90. The van der Waals surface area contributed by atoms with Gasteiger partial charge < -0.3 is 9.84 Å². The zero-order valence-electron chi connectivity index (χ0n) is 13.0. The summed E-state index contributed by atoms with van der Waals surface area (Å²) >= 11 is 0. The lowest BCUT2D eigenvalue weighted by Crippen LogP contribution is -2.34. The molecule has 0 aromatic heterocycles. The molecular formula is C19H20O4. The summed E-state index contributed by atoms with van der Waals surface area (Å²) in [4.78, 5) is 23.9. The summed E-state index contributed by atoms with van der Waals surface area (Å²) in [5.74, 6) is -3.03. The number of hydrogen-bond donors (Lipinski definition) is 1. The molecule has 0 spiro atoms. The normalized spacial score (nSPS) is 13.1. The zero-order valence-corrected chi connectivity index (χ0v) is 13.0. The van der Waals surface area contributed by atoms with Crippen LogP contribution in [0.1, 0.15) is 11.1 Å². The van der Waals surface area contributed by atoms with Crippen molar-refractivity contribution in [1.29, 1.82) is 0 Å². The fraction of sp³-hybridized carbons (Fsp3) is 0.263. The summed E-state index contributed by atoms with van der Waals surface area (Å²) in [6.45, 7) is 0. The van der Waals surface area contributed by atoms with E-state index in [1.165, 1.54) is 7.11 Å². The number of carbonyl (C=O) groups is 2. The molecule has 4 heteroatoms. The van der Waals surface area contributed by atoms with Crippen LogP contribution in [-0.2, 0) is 27.2 Å². The third kappa shape index (κ3) is 4.68. The van der Waals surface area contributed by atoms with E-state index in [9.17, 15) is 14.7 Å². The molecule has 2 rings (SSSR count). The van der Waals surface area contributed by atoms with Gasteiger partial charge in [0.1, 0.15) is 0 Å². The quantitative estimate of drug-likeness (QED) is 0.798. The largest absolute Gasteiger partial charge is 0.481 e. The van der Waals surface area contributed by atoms with Gasteiger partial charge in [0, 0.05) is 0 Å². The van der Waals surface area contributed by atoms with Crippen LogP contribution in [0.15, 0.2) is 60.7 Å². The van der Waals surface area contributed by atoms with E-state index >= 15 is 0 Å². The molecule has 120 valence electrons.